The second-order valence-electron chi connectivity index (χ2n) is 10.5. The first-order valence-corrected chi connectivity index (χ1v) is 15.1. The van der Waals surface area contributed by atoms with E-state index >= 15 is 0 Å². The van der Waals surface area contributed by atoms with E-state index in [1.165, 1.54) is 16.1 Å². The Balaban J connectivity index is 1.14. The average Bonchev–Trinajstić information content (AvgIpc) is 2.85. The quantitative estimate of drug-likeness (QED) is 0.413. The summed E-state index contributed by atoms with van der Waals surface area (Å²) in [6.45, 7) is 1.77. The smallest absolute Gasteiger partial charge is 0.312 e. The number of carboxylic acid groups (broad SMARTS) is 1. The van der Waals surface area contributed by atoms with Crippen molar-refractivity contribution >= 4 is 33.9 Å². The van der Waals surface area contributed by atoms with Crippen LogP contribution in [0.2, 0.25) is 0 Å². The number of hydrogen-bond donors (Lipinski definition) is 2. The van der Waals surface area contributed by atoms with Crippen LogP contribution in [0, 0.1) is 17.8 Å². The number of hydrogen-bond acceptors (Lipinski definition) is 7. The number of amides is 1. The van der Waals surface area contributed by atoms with Gasteiger partial charge in [0.05, 0.1) is 24.2 Å². The monoisotopic (exact) mass is 534 g/mol. The topological polar surface area (TPSA) is 138 Å². The highest BCUT2D eigenvalue weighted by Crippen LogP contribution is 2.34. The van der Waals surface area contributed by atoms with Gasteiger partial charge in [-0.1, -0.05) is 6.07 Å². The van der Waals surface area contributed by atoms with Gasteiger partial charge in [0.15, 0.2) is 0 Å². The van der Waals surface area contributed by atoms with E-state index < -0.39 is 33.7 Å². The lowest BCUT2D eigenvalue weighted by Gasteiger charge is -2.35. The third-order valence-electron chi connectivity index (χ3n) is 7.64. The number of carboxylic acids is 1. The number of carbonyl (C=O) groups excluding carboxylic acids is 1. The van der Waals surface area contributed by atoms with E-state index in [1.807, 2.05) is 0 Å². The Labute approximate surface area is 218 Å². The number of aryl methyl sites for hydroxylation is 2. The van der Waals surface area contributed by atoms with Crippen LogP contribution in [0.4, 0.5) is 5.82 Å². The van der Waals surface area contributed by atoms with Gasteiger partial charge in [0.25, 0.3) is 0 Å². The van der Waals surface area contributed by atoms with Gasteiger partial charge in [-0.15, -0.1) is 0 Å². The van der Waals surface area contributed by atoms with Crippen molar-refractivity contribution < 1.29 is 27.9 Å². The minimum absolute atomic E-state index is 0.0954. The third-order valence-corrected chi connectivity index (χ3v) is 8.91. The van der Waals surface area contributed by atoms with Crippen LogP contribution in [-0.4, -0.2) is 79.5 Å². The van der Waals surface area contributed by atoms with Gasteiger partial charge in [0, 0.05) is 38.1 Å². The van der Waals surface area contributed by atoms with Crippen molar-refractivity contribution in [3.63, 3.8) is 0 Å². The number of pyridine rings is 1. The van der Waals surface area contributed by atoms with E-state index in [-0.39, 0.29) is 25.7 Å². The van der Waals surface area contributed by atoms with Crippen molar-refractivity contribution in [2.75, 3.05) is 37.8 Å². The first-order chi connectivity index (χ1) is 17.7. The standard InChI is InChI=1S/C26H38N4O6S/c1-37(34,35)30-12-3-5-21(17-30)25(31)28-16-20(26(32)33)10-13-36-23-14-18(15-23)6-8-22-9-7-19-4-2-11-27-24(19)29-22/h7,9,16,18,20-21,23H,2-6,8,10-15,17H2,1H3,(H,27,29)(H,32,33)/b28-16+/t18-,20?,21?,23-. The van der Waals surface area contributed by atoms with Crippen LogP contribution in [0.25, 0.3) is 0 Å². The van der Waals surface area contributed by atoms with Crippen molar-refractivity contribution in [3.05, 3.63) is 23.4 Å². The van der Waals surface area contributed by atoms with Crippen molar-refractivity contribution in [1.29, 1.82) is 0 Å². The van der Waals surface area contributed by atoms with E-state index in [9.17, 15) is 23.1 Å². The second-order valence-corrected chi connectivity index (χ2v) is 12.5. The molecule has 37 heavy (non-hydrogen) atoms. The van der Waals surface area contributed by atoms with Crippen LogP contribution in [0.5, 0.6) is 0 Å². The number of aliphatic imine (C=N–C) groups is 1. The first-order valence-electron chi connectivity index (χ1n) is 13.3. The maximum Gasteiger partial charge on any atom is 0.312 e. The Morgan fingerprint density at radius 3 is 2.89 bits per heavy atom. The molecule has 2 fully saturated rings. The number of carbonyl (C=O) groups is 2. The predicted molar refractivity (Wildman–Crippen MR) is 140 cm³/mol. The van der Waals surface area contributed by atoms with E-state index in [0.717, 1.165) is 62.8 Å². The molecule has 204 valence electrons. The summed E-state index contributed by atoms with van der Waals surface area (Å²) in [7, 11) is -3.37. The van der Waals surface area contributed by atoms with Gasteiger partial charge in [-0.25, -0.2) is 22.7 Å². The molecule has 0 radical (unpaired) electrons. The molecule has 0 spiro atoms. The largest absolute Gasteiger partial charge is 0.481 e. The van der Waals surface area contributed by atoms with E-state index in [2.05, 4.69) is 22.4 Å². The lowest BCUT2D eigenvalue weighted by molar-refractivity contribution is -0.140. The molecule has 1 saturated heterocycles. The molecule has 1 saturated carbocycles. The fraction of sp³-hybridized carbons (Fsp3) is 0.692. The third kappa shape index (κ3) is 7.81. The van der Waals surface area contributed by atoms with E-state index in [1.54, 1.807) is 0 Å². The van der Waals surface area contributed by atoms with Crippen LogP contribution < -0.4 is 5.32 Å². The molecule has 0 aromatic carbocycles. The molecule has 3 aliphatic rings. The van der Waals surface area contributed by atoms with Crippen molar-refractivity contribution in [2.45, 2.75) is 63.9 Å². The molecule has 10 nitrogen and oxygen atoms in total. The average molecular weight is 535 g/mol. The number of nitrogens with one attached hydrogen (secondary N) is 1. The summed E-state index contributed by atoms with van der Waals surface area (Å²) < 4.78 is 30.7. The van der Waals surface area contributed by atoms with Crippen LogP contribution >= 0.6 is 0 Å². The summed E-state index contributed by atoms with van der Waals surface area (Å²) in [6, 6.07) is 4.32. The highest BCUT2D eigenvalue weighted by molar-refractivity contribution is 7.88. The van der Waals surface area contributed by atoms with Gasteiger partial charge < -0.3 is 15.2 Å². The number of ether oxygens (including phenoxy) is 1. The Morgan fingerprint density at radius 2 is 2.14 bits per heavy atom. The van der Waals surface area contributed by atoms with Crippen LogP contribution in [0.3, 0.4) is 0 Å². The Morgan fingerprint density at radius 1 is 1.32 bits per heavy atom. The number of aliphatic carboxylic acids is 1. The lowest BCUT2D eigenvalue weighted by atomic mass is 9.79. The maximum atomic E-state index is 12.5. The number of fused-ring (bicyclic) bond motifs is 1. The number of sulfonamides is 1. The molecule has 1 aliphatic carbocycles. The van der Waals surface area contributed by atoms with Crippen molar-refractivity contribution in [1.82, 2.24) is 9.29 Å². The van der Waals surface area contributed by atoms with Gasteiger partial charge in [-0.3, -0.25) is 9.59 Å². The number of rotatable bonds is 11. The maximum absolute atomic E-state index is 12.5. The molecule has 4 rings (SSSR count). The molecule has 0 bridgehead atoms. The summed E-state index contributed by atoms with van der Waals surface area (Å²) in [5, 5.41) is 12.9. The minimum atomic E-state index is -3.37. The number of nitrogens with zero attached hydrogens (tertiary/aromatic N) is 3. The lowest BCUT2D eigenvalue weighted by Crippen LogP contribution is -2.41. The molecular formula is C26H38N4O6S. The van der Waals surface area contributed by atoms with Crippen molar-refractivity contribution in [2.24, 2.45) is 22.7 Å². The molecule has 11 heteroatoms. The zero-order valence-corrected chi connectivity index (χ0v) is 22.3. The van der Waals surface area contributed by atoms with E-state index in [0.29, 0.717) is 25.3 Å². The molecule has 1 aromatic rings. The Hall–Kier alpha value is -2.37. The van der Waals surface area contributed by atoms with Crippen molar-refractivity contribution in [3.8, 4) is 0 Å². The van der Waals surface area contributed by atoms with Gasteiger partial charge in [0.1, 0.15) is 5.82 Å². The van der Waals surface area contributed by atoms with Gasteiger partial charge in [0.2, 0.25) is 15.9 Å². The molecule has 1 amide bonds. The SMILES string of the molecule is CS(=O)(=O)N1CCCC(C(=O)/N=C/C(CCO[C@H]2C[C@H](CCc3ccc4c(n3)NCCC4)C2)C(=O)O)C1. The number of anilines is 1. The van der Waals surface area contributed by atoms with E-state index in [4.69, 9.17) is 9.72 Å². The summed E-state index contributed by atoms with van der Waals surface area (Å²) >= 11 is 0. The summed E-state index contributed by atoms with van der Waals surface area (Å²) in [5.41, 5.74) is 2.42. The molecule has 2 aliphatic heterocycles. The number of aromatic nitrogens is 1. The molecule has 3 heterocycles. The van der Waals surface area contributed by atoms with Crippen LogP contribution in [0.15, 0.2) is 17.1 Å². The zero-order valence-electron chi connectivity index (χ0n) is 21.5. The summed E-state index contributed by atoms with van der Waals surface area (Å²) in [4.78, 5) is 32.7. The molecule has 2 atom stereocenters. The first kappa shape index (κ1) is 27.7. The van der Waals surface area contributed by atoms with Crippen LogP contribution in [0.1, 0.15) is 56.2 Å². The Kier molecular flexibility index (Phi) is 9.31. The zero-order chi connectivity index (χ0) is 26.4. The second kappa shape index (κ2) is 12.4. The predicted octanol–water partition coefficient (Wildman–Crippen LogP) is 2.53. The normalized spacial score (nSPS) is 25.2. The van der Waals surface area contributed by atoms with Gasteiger partial charge >= 0.3 is 5.97 Å². The molecule has 2 unspecified atom stereocenters. The fourth-order valence-corrected chi connectivity index (χ4v) is 6.16. The highest BCUT2D eigenvalue weighted by Gasteiger charge is 2.31. The van der Waals surface area contributed by atoms with Crippen LogP contribution in [-0.2, 0) is 37.2 Å². The highest BCUT2D eigenvalue weighted by atomic mass is 32.2. The molecule has 2 N–H and O–H groups in total. The molecular weight excluding hydrogens is 496 g/mol. The minimum Gasteiger partial charge on any atom is -0.481 e. The fourth-order valence-electron chi connectivity index (χ4n) is 5.24. The Bertz CT molecular complexity index is 1100. The summed E-state index contributed by atoms with van der Waals surface area (Å²) in [6.07, 6.45) is 9.99. The summed E-state index contributed by atoms with van der Waals surface area (Å²) in [5.74, 6) is -1.35. The molecule has 1 aromatic heterocycles. The number of piperidine rings is 1. The van der Waals surface area contributed by atoms with Gasteiger partial charge in [-0.05, 0) is 75.3 Å². The van der Waals surface area contributed by atoms with Gasteiger partial charge in [-0.2, -0.15) is 0 Å².